The number of amides is 1. The molecule has 3 heterocycles. The van der Waals surface area contributed by atoms with Gasteiger partial charge in [0.05, 0.1) is 0 Å². The highest BCUT2D eigenvalue weighted by atomic mass is 32.1. The van der Waals surface area contributed by atoms with Crippen LogP contribution in [0.1, 0.15) is 39.4 Å². The van der Waals surface area contributed by atoms with Crippen molar-refractivity contribution in [1.29, 1.82) is 0 Å². The summed E-state index contributed by atoms with van der Waals surface area (Å²) in [6, 6.07) is 8.17. The number of rotatable bonds is 3. The van der Waals surface area contributed by atoms with Gasteiger partial charge in [0.1, 0.15) is 5.69 Å². The highest BCUT2D eigenvalue weighted by Crippen LogP contribution is 2.30. The molecule has 0 fully saturated rings. The molecule has 0 bridgehead atoms. The lowest BCUT2D eigenvalue weighted by molar-refractivity contribution is 0.0981. The molecule has 1 N–H and O–H groups in total. The molecule has 0 unspecified atom stereocenters. The lowest BCUT2D eigenvalue weighted by atomic mass is 9.99. The SMILES string of the molecule is Cc1ccc2c(c1)CCCN2C(=O)c1csc(Nc2nc(C)cc(C)n2)n1. The fourth-order valence-electron chi connectivity index (χ4n) is 3.38. The van der Waals surface area contributed by atoms with Crippen LogP contribution in [0.5, 0.6) is 0 Å². The van der Waals surface area contributed by atoms with Gasteiger partial charge in [-0.05, 0) is 51.3 Å². The molecule has 138 valence electrons. The number of aryl methyl sites for hydroxylation is 4. The van der Waals surface area contributed by atoms with Gasteiger partial charge in [-0.15, -0.1) is 11.3 Å². The predicted molar refractivity (Wildman–Crippen MR) is 108 cm³/mol. The van der Waals surface area contributed by atoms with Crippen LogP contribution >= 0.6 is 11.3 Å². The van der Waals surface area contributed by atoms with Gasteiger partial charge in [-0.2, -0.15) is 0 Å². The fourth-order valence-corrected chi connectivity index (χ4v) is 4.06. The Balaban J connectivity index is 1.56. The third-order valence-corrected chi connectivity index (χ3v) is 5.28. The van der Waals surface area contributed by atoms with Crippen molar-refractivity contribution in [3.05, 3.63) is 57.9 Å². The largest absolute Gasteiger partial charge is 0.307 e. The summed E-state index contributed by atoms with van der Waals surface area (Å²) in [6.45, 7) is 6.64. The van der Waals surface area contributed by atoms with E-state index >= 15 is 0 Å². The minimum atomic E-state index is -0.0644. The van der Waals surface area contributed by atoms with Gasteiger partial charge in [0.15, 0.2) is 5.13 Å². The number of hydrogen-bond donors (Lipinski definition) is 1. The van der Waals surface area contributed by atoms with Crippen LogP contribution in [0.15, 0.2) is 29.6 Å². The third-order valence-electron chi connectivity index (χ3n) is 4.52. The number of anilines is 3. The van der Waals surface area contributed by atoms with Crippen LogP contribution in [-0.2, 0) is 6.42 Å². The average Bonchev–Trinajstić information content (AvgIpc) is 3.08. The maximum absolute atomic E-state index is 13.0. The highest BCUT2D eigenvalue weighted by Gasteiger charge is 2.25. The molecule has 1 amide bonds. The molecule has 0 saturated heterocycles. The first-order valence-electron chi connectivity index (χ1n) is 8.96. The lowest BCUT2D eigenvalue weighted by Gasteiger charge is -2.29. The van der Waals surface area contributed by atoms with Gasteiger partial charge < -0.3 is 10.2 Å². The fraction of sp³-hybridized carbons (Fsp3) is 0.300. The van der Waals surface area contributed by atoms with E-state index in [1.54, 1.807) is 5.38 Å². The van der Waals surface area contributed by atoms with Crippen molar-refractivity contribution < 1.29 is 4.79 Å². The van der Waals surface area contributed by atoms with Crippen molar-refractivity contribution in [2.75, 3.05) is 16.8 Å². The number of fused-ring (bicyclic) bond motifs is 1. The monoisotopic (exact) mass is 379 g/mol. The number of nitrogens with one attached hydrogen (secondary N) is 1. The van der Waals surface area contributed by atoms with Crippen molar-refractivity contribution in [2.24, 2.45) is 0 Å². The first kappa shape index (κ1) is 17.6. The van der Waals surface area contributed by atoms with Gasteiger partial charge in [-0.1, -0.05) is 17.7 Å². The van der Waals surface area contributed by atoms with E-state index < -0.39 is 0 Å². The molecule has 0 atom stereocenters. The normalized spacial score (nSPS) is 13.4. The Morgan fingerprint density at radius 1 is 1.11 bits per heavy atom. The van der Waals surface area contributed by atoms with Gasteiger partial charge in [0, 0.05) is 29.0 Å². The molecule has 0 aliphatic carbocycles. The maximum Gasteiger partial charge on any atom is 0.277 e. The van der Waals surface area contributed by atoms with Crippen LogP contribution in [0.4, 0.5) is 16.8 Å². The van der Waals surface area contributed by atoms with E-state index in [9.17, 15) is 4.79 Å². The number of aromatic nitrogens is 3. The molecule has 3 aromatic rings. The zero-order valence-corrected chi connectivity index (χ0v) is 16.4. The van der Waals surface area contributed by atoms with Crippen LogP contribution in [0.2, 0.25) is 0 Å². The Hall–Kier alpha value is -2.80. The molecule has 1 aromatic carbocycles. The molecule has 2 aromatic heterocycles. The quantitative estimate of drug-likeness (QED) is 0.739. The summed E-state index contributed by atoms with van der Waals surface area (Å²) in [5.74, 6) is 0.435. The maximum atomic E-state index is 13.0. The van der Waals surface area contributed by atoms with E-state index in [0.717, 1.165) is 36.5 Å². The lowest BCUT2D eigenvalue weighted by Crippen LogP contribution is -2.35. The second-order valence-corrected chi connectivity index (χ2v) is 7.69. The van der Waals surface area contributed by atoms with Gasteiger partial charge in [0.2, 0.25) is 5.95 Å². The molecule has 1 aliphatic rings. The summed E-state index contributed by atoms with van der Waals surface area (Å²) < 4.78 is 0. The van der Waals surface area contributed by atoms with Crippen molar-refractivity contribution in [3.8, 4) is 0 Å². The number of benzene rings is 1. The van der Waals surface area contributed by atoms with E-state index in [2.05, 4.69) is 39.3 Å². The zero-order valence-electron chi connectivity index (χ0n) is 15.6. The summed E-state index contributed by atoms with van der Waals surface area (Å²) in [4.78, 5) is 28.1. The van der Waals surface area contributed by atoms with Gasteiger partial charge >= 0.3 is 0 Å². The summed E-state index contributed by atoms with van der Waals surface area (Å²) in [6.07, 6.45) is 1.97. The Morgan fingerprint density at radius 3 is 2.67 bits per heavy atom. The van der Waals surface area contributed by atoms with Crippen LogP contribution in [-0.4, -0.2) is 27.4 Å². The predicted octanol–water partition coefficient (Wildman–Crippen LogP) is 4.19. The van der Waals surface area contributed by atoms with Gasteiger partial charge in [-0.25, -0.2) is 15.0 Å². The van der Waals surface area contributed by atoms with Gasteiger partial charge in [0.25, 0.3) is 5.91 Å². The van der Waals surface area contributed by atoms with Crippen molar-refractivity contribution in [1.82, 2.24) is 15.0 Å². The Labute approximate surface area is 162 Å². The number of carbonyl (C=O) groups excluding carboxylic acids is 1. The first-order chi connectivity index (χ1) is 13.0. The van der Waals surface area contributed by atoms with Crippen LogP contribution in [0, 0.1) is 20.8 Å². The summed E-state index contributed by atoms with van der Waals surface area (Å²) in [7, 11) is 0. The number of carbonyl (C=O) groups is 1. The minimum absolute atomic E-state index is 0.0644. The number of thiazole rings is 1. The highest BCUT2D eigenvalue weighted by molar-refractivity contribution is 7.14. The summed E-state index contributed by atoms with van der Waals surface area (Å²) >= 11 is 1.38. The van der Waals surface area contributed by atoms with E-state index in [0.29, 0.717) is 16.8 Å². The molecule has 0 spiro atoms. The van der Waals surface area contributed by atoms with E-state index in [4.69, 9.17) is 0 Å². The Kier molecular flexibility index (Phi) is 4.61. The molecule has 27 heavy (non-hydrogen) atoms. The van der Waals surface area contributed by atoms with Crippen molar-refractivity contribution in [2.45, 2.75) is 33.6 Å². The summed E-state index contributed by atoms with van der Waals surface area (Å²) in [5, 5.41) is 5.51. The molecule has 1 aliphatic heterocycles. The smallest absolute Gasteiger partial charge is 0.277 e. The average molecular weight is 379 g/mol. The minimum Gasteiger partial charge on any atom is -0.307 e. The molecular weight excluding hydrogens is 358 g/mol. The van der Waals surface area contributed by atoms with Gasteiger partial charge in [-0.3, -0.25) is 4.79 Å². The zero-order chi connectivity index (χ0) is 19.0. The van der Waals surface area contributed by atoms with Crippen LogP contribution in [0.3, 0.4) is 0 Å². The second-order valence-electron chi connectivity index (χ2n) is 6.83. The second kappa shape index (κ2) is 7.08. The third kappa shape index (κ3) is 3.68. The summed E-state index contributed by atoms with van der Waals surface area (Å²) in [5.41, 5.74) is 5.66. The van der Waals surface area contributed by atoms with E-state index in [1.807, 2.05) is 30.9 Å². The Morgan fingerprint density at radius 2 is 1.89 bits per heavy atom. The van der Waals surface area contributed by atoms with E-state index in [-0.39, 0.29) is 5.91 Å². The molecular formula is C20H21N5OS. The first-order valence-corrected chi connectivity index (χ1v) is 9.84. The van der Waals surface area contributed by atoms with Crippen LogP contribution in [0.25, 0.3) is 0 Å². The standard InChI is InChI=1S/C20H21N5OS/c1-12-6-7-17-15(9-12)5-4-8-25(17)18(26)16-11-27-20(23-16)24-19-21-13(2)10-14(3)22-19/h6-7,9-11H,4-5,8H2,1-3H3,(H,21,22,23,24). The molecule has 0 radical (unpaired) electrons. The number of hydrogen-bond acceptors (Lipinski definition) is 6. The van der Waals surface area contributed by atoms with Crippen LogP contribution < -0.4 is 10.2 Å². The molecule has 0 saturated carbocycles. The Bertz CT molecular complexity index is 993. The van der Waals surface area contributed by atoms with Crippen molar-refractivity contribution in [3.63, 3.8) is 0 Å². The van der Waals surface area contributed by atoms with Crippen molar-refractivity contribution >= 4 is 34.0 Å². The number of nitrogens with zero attached hydrogens (tertiary/aromatic N) is 4. The van der Waals surface area contributed by atoms with E-state index in [1.165, 1.54) is 22.5 Å². The molecule has 4 rings (SSSR count). The topological polar surface area (TPSA) is 71.0 Å². The molecule has 7 heteroatoms. The molecule has 6 nitrogen and oxygen atoms in total.